The van der Waals surface area contributed by atoms with Crippen molar-refractivity contribution in [3.05, 3.63) is 41.1 Å². The summed E-state index contributed by atoms with van der Waals surface area (Å²) < 4.78 is 10.8. The zero-order valence-corrected chi connectivity index (χ0v) is 15.9. The molecule has 2 aliphatic rings. The van der Waals surface area contributed by atoms with Gasteiger partial charge >= 0.3 is 12.0 Å². The third-order valence-corrected chi connectivity index (χ3v) is 4.92. The molecule has 0 aliphatic carbocycles. The Morgan fingerprint density at radius 3 is 2.67 bits per heavy atom. The Morgan fingerprint density at radius 2 is 1.96 bits per heavy atom. The van der Waals surface area contributed by atoms with Crippen LogP contribution in [-0.2, 0) is 9.53 Å². The number of carbonyl (C=O) groups excluding carboxylic acids is 2. The van der Waals surface area contributed by atoms with Crippen LogP contribution in [0.25, 0.3) is 0 Å². The van der Waals surface area contributed by atoms with Crippen molar-refractivity contribution in [3.63, 3.8) is 0 Å². The molecule has 2 heterocycles. The molecular formula is C20H27N3O4. The maximum Gasteiger partial charge on any atom is 0.338 e. The number of rotatable bonds is 6. The highest BCUT2D eigenvalue weighted by Crippen LogP contribution is 2.34. The van der Waals surface area contributed by atoms with Crippen molar-refractivity contribution in [3.8, 4) is 5.75 Å². The molecule has 27 heavy (non-hydrogen) atoms. The molecule has 2 aliphatic heterocycles. The molecule has 7 heteroatoms. The van der Waals surface area contributed by atoms with E-state index >= 15 is 0 Å². The average Bonchev–Trinajstić information content (AvgIpc) is 2.68. The van der Waals surface area contributed by atoms with E-state index in [2.05, 4.69) is 15.5 Å². The Morgan fingerprint density at radius 1 is 1.22 bits per heavy atom. The van der Waals surface area contributed by atoms with E-state index in [1.807, 2.05) is 31.2 Å². The zero-order valence-electron chi connectivity index (χ0n) is 15.9. The molecule has 1 atom stereocenters. The van der Waals surface area contributed by atoms with Crippen molar-refractivity contribution in [1.82, 2.24) is 15.5 Å². The molecule has 1 aromatic rings. The monoisotopic (exact) mass is 373 g/mol. The van der Waals surface area contributed by atoms with Gasteiger partial charge in [-0.05, 0) is 38.9 Å². The van der Waals surface area contributed by atoms with Gasteiger partial charge in [0.15, 0.2) is 0 Å². The smallest absolute Gasteiger partial charge is 0.338 e. The van der Waals surface area contributed by atoms with Crippen molar-refractivity contribution >= 4 is 12.0 Å². The van der Waals surface area contributed by atoms with E-state index in [9.17, 15) is 9.59 Å². The number of esters is 1. The highest BCUT2D eigenvalue weighted by atomic mass is 16.5. The molecule has 0 radical (unpaired) electrons. The van der Waals surface area contributed by atoms with Crippen molar-refractivity contribution in [2.75, 3.05) is 33.4 Å². The number of amides is 2. The number of nitrogens with one attached hydrogen (secondary N) is 2. The lowest BCUT2D eigenvalue weighted by Gasteiger charge is -2.33. The van der Waals surface area contributed by atoms with Gasteiger partial charge in [-0.25, -0.2) is 9.59 Å². The van der Waals surface area contributed by atoms with Crippen LogP contribution in [0, 0.1) is 0 Å². The predicted molar refractivity (Wildman–Crippen MR) is 101 cm³/mol. The van der Waals surface area contributed by atoms with Crippen molar-refractivity contribution in [1.29, 1.82) is 0 Å². The molecule has 0 aromatic heterocycles. The summed E-state index contributed by atoms with van der Waals surface area (Å²) in [6, 6.07) is 6.49. The molecule has 0 unspecified atom stereocenters. The van der Waals surface area contributed by atoms with Gasteiger partial charge in [0.05, 0.1) is 25.3 Å². The first kappa shape index (κ1) is 19.2. The van der Waals surface area contributed by atoms with E-state index in [0.29, 0.717) is 30.2 Å². The summed E-state index contributed by atoms with van der Waals surface area (Å²) >= 11 is 0. The van der Waals surface area contributed by atoms with Gasteiger partial charge in [-0.15, -0.1) is 0 Å². The number of hydrogen-bond acceptors (Lipinski definition) is 5. The van der Waals surface area contributed by atoms with E-state index < -0.39 is 12.0 Å². The maximum absolute atomic E-state index is 12.6. The van der Waals surface area contributed by atoms with Crippen LogP contribution in [0.4, 0.5) is 4.79 Å². The van der Waals surface area contributed by atoms with Gasteiger partial charge in [0.1, 0.15) is 5.75 Å². The van der Waals surface area contributed by atoms with E-state index in [1.165, 1.54) is 13.5 Å². The molecule has 7 nitrogen and oxygen atoms in total. The Balaban J connectivity index is 2.01. The number of piperidine rings is 1. The molecule has 1 fully saturated rings. The number of hydrogen-bond donors (Lipinski definition) is 2. The minimum absolute atomic E-state index is 0.328. The summed E-state index contributed by atoms with van der Waals surface area (Å²) in [7, 11) is 1.36. The van der Waals surface area contributed by atoms with Gasteiger partial charge in [-0.1, -0.05) is 24.6 Å². The number of nitrogens with zero attached hydrogens (tertiary/aromatic N) is 1. The molecule has 0 bridgehead atoms. The maximum atomic E-state index is 12.6. The average molecular weight is 373 g/mol. The van der Waals surface area contributed by atoms with Crippen LogP contribution in [0.3, 0.4) is 0 Å². The second kappa shape index (κ2) is 8.90. The number of para-hydroxylation sites is 1. The summed E-state index contributed by atoms with van der Waals surface area (Å²) in [5, 5.41) is 5.68. The summed E-state index contributed by atoms with van der Waals surface area (Å²) in [6.45, 7) is 4.83. The number of urea groups is 1. The van der Waals surface area contributed by atoms with Crippen molar-refractivity contribution in [2.45, 2.75) is 32.2 Å². The number of carbonyl (C=O) groups is 2. The van der Waals surface area contributed by atoms with Gasteiger partial charge in [-0.3, -0.25) is 4.90 Å². The Hall–Kier alpha value is -2.54. The number of ether oxygens (including phenoxy) is 2. The summed E-state index contributed by atoms with van der Waals surface area (Å²) in [5.41, 5.74) is 1.77. The Labute approximate surface area is 159 Å². The van der Waals surface area contributed by atoms with E-state index in [1.54, 1.807) is 0 Å². The Bertz CT molecular complexity index is 726. The second-order valence-corrected chi connectivity index (χ2v) is 6.72. The first-order valence-electron chi connectivity index (χ1n) is 9.47. The predicted octanol–water partition coefficient (Wildman–Crippen LogP) is 2.35. The fourth-order valence-electron chi connectivity index (χ4n) is 3.67. The molecule has 1 saturated heterocycles. The highest BCUT2D eigenvalue weighted by Gasteiger charge is 2.35. The molecule has 2 amide bonds. The van der Waals surface area contributed by atoms with Crippen molar-refractivity contribution < 1.29 is 19.1 Å². The highest BCUT2D eigenvalue weighted by molar-refractivity contribution is 5.95. The van der Waals surface area contributed by atoms with Gasteiger partial charge < -0.3 is 20.1 Å². The lowest BCUT2D eigenvalue weighted by atomic mass is 9.94. The summed E-state index contributed by atoms with van der Waals surface area (Å²) in [5.74, 6) is 0.191. The van der Waals surface area contributed by atoms with Gasteiger partial charge in [0.25, 0.3) is 0 Å². The van der Waals surface area contributed by atoms with Crippen LogP contribution in [0.1, 0.15) is 37.8 Å². The van der Waals surface area contributed by atoms with Gasteiger partial charge in [0.2, 0.25) is 0 Å². The largest absolute Gasteiger partial charge is 0.494 e. The lowest BCUT2D eigenvalue weighted by Crippen LogP contribution is -2.49. The molecule has 146 valence electrons. The normalized spacial score (nSPS) is 20.7. The minimum Gasteiger partial charge on any atom is -0.494 e. The number of methoxy groups -OCH3 is 1. The summed E-state index contributed by atoms with van der Waals surface area (Å²) in [6.07, 6.45) is 3.48. The van der Waals surface area contributed by atoms with Crippen molar-refractivity contribution in [2.24, 2.45) is 0 Å². The van der Waals surface area contributed by atoms with Crippen LogP contribution in [0.15, 0.2) is 35.5 Å². The summed E-state index contributed by atoms with van der Waals surface area (Å²) in [4.78, 5) is 27.3. The van der Waals surface area contributed by atoms with Crippen LogP contribution in [-0.4, -0.2) is 50.3 Å². The Kier molecular flexibility index (Phi) is 6.34. The van der Waals surface area contributed by atoms with Crippen LogP contribution in [0.2, 0.25) is 0 Å². The molecule has 2 N–H and O–H groups in total. The quantitative estimate of drug-likeness (QED) is 0.749. The molecule has 0 saturated carbocycles. The number of likely N-dealkylation sites (tertiary alicyclic amines) is 1. The SMILES string of the molecule is CCOc1ccccc1[C@@H]1NC(=O)NC(CN2CCCCC2)=C1C(=O)OC. The lowest BCUT2D eigenvalue weighted by molar-refractivity contribution is -0.136. The molecule has 1 aromatic carbocycles. The third kappa shape index (κ3) is 4.42. The third-order valence-electron chi connectivity index (χ3n) is 4.92. The van der Waals surface area contributed by atoms with Gasteiger partial charge in [-0.2, -0.15) is 0 Å². The second-order valence-electron chi connectivity index (χ2n) is 6.72. The van der Waals surface area contributed by atoms with Crippen LogP contribution >= 0.6 is 0 Å². The number of benzene rings is 1. The van der Waals surface area contributed by atoms with E-state index in [4.69, 9.17) is 9.47 Å². The molecule has 3 rings (SSSR count). The van der Waals surface area contributed by atoms with E-state index in [-0.39, 0.29) is 6.03 Å². The minimum atomic E-state index is -0.617. The topological polar surface area (TPSA) is 79.9 Å². The molecular weight excluding hydrogens is 346 g/mol. The van der Waals surface area contributed by atoms with Crippen LogP contribution < -0.4 is 15.4 Å². The fraction of sp³-hybridized carbons (Fsp3) is 0.500. The standard InChI is InChI=1S/C20H27N3O4/c1-3-27-16-10-6-5-9-14(16)18-17(19(24)26-2)15(21-20(25)22-18)13-23-11-7-4-8-12-23/h5-6,9-10,18H,3-4,7-8,11-13H2,1-2H3,(H2,21,22,25)/t18-/m0/s1. The van der Waals surface area contributed by atoms with Crippen LogP contribution in [0.5, 0.6) is 5.75 Å². The fourth-order valence-corrected chi connectivity index (χ4v) is 3.67. The molecule has 0 spiro atoms. The van der Waals surface area contributed by atoms with E-state index in [0.717, 1.165) is 31.5 Å². The van der Waals surface area contributed by atoms with Gasteiger partial charge in [0, 0.05) is 17.8 Å². The first-order valence-corrected chi connectivity index (χ1v) is 9.47. The first-order chi connectivity index (χ1) is 13.1. The zero-order chi connectivity index (χ0) is 19.2.